The number of hydrogen-bond donors (Lipinski definition) is 3. The lowest BCUT2D eigenvalue weighted by molar-refractivity contribution is -0.137. The molecule has 0 amide bonds. The van der Waals surface area contributed by atoms with Crippen molar-refractivity contribution in [1.29, 1.82) is 0 Å². The number of carboxylic acids is 2. The van der Waals surface area contributed by atoms with Crippen LogP contribution in [0, 0.1) is 13.8 Å². The lowest BCUT2D eigenvalue weighted by Gasteiger charge is -2.04. The summed E-state index contributed by atoms with van der Waals surface area (Å²) in [5.41, 5.74) is 14.2. The van der Waals surface area contributed by atoms with Crippen molar-refractivity contribution < 1.29 is 19.8 Å². The molecular formula is C36H38N4O4. The Morgan fingerprint density at radius 1 is 0.795 bits per heavy atom. The third-order valence-corrected chi connectivity index (χ3v) is 8.80. The molecule has 8 bridgehead atoms. The van der Waals surface area contributed by atoms with Crippen LogP contribution in [-0.2, 0) is 22.6 Å². The second-order valence-electron chi connectivity index (χ2n) is 11.3. The quantitative estimate of drug-likeness (QED) is 0.232. The summed E-state index contributed by atoms with van der Waals surface area (Å²) in [6, 6.07) is 8.09. The normalized spacial score (nSPS) is 13.0. The topological polar surface area (TPSA) is 121 Å². The van der Waals surface area contributed by atoms with Crippen LogP contribution in [0.5, 0.6) is 0 Å². The summed E-state index contributed by atoms with van der Waals surface area (Å²) in [6.45, 7) is 19.1. The van der Waals surface area contributed by atoms with Crippen molar-refractivity contribution in [1.82, 2.24) is 19.5 Å². The summed E-state index contributed by atoms with van der Waals surface area (Å²) >= 11 is 0. The van der Waals surface area contributed by atoms with E-state index in [2.05, 4.69) is 48.7 Å². The van der Waals surface area contributed by atoms with Crippen molar-refractivity contribution in [2.24, 2.45) is 0 Å². The molecule has 0 radical (unpaired) electrons. The molecule has 2 aliphatic rings. The summed E-state index contributed by atoms with van der Waals surface area (Å²) in [4.78, 5) is 36.8. The Kier molecular flexibility index (Phi) is 8.28. The molecule has 3 aromatic heterocycles. The van der Waals surface area contributed by atoms with E-state index in [1.165, 1.54) is 0 Å². The van der Waals surface area contributed by atoms with Crippen molar-refractivity contribution >= 4 is 62.4 Å². The van der Waals surface area contributed by atoms with Crippen LogP contribution in [0.4, 0.5) is 0 Å². The van der Waals surface area contributed by atoms with Crippen molar-refractivity contribution in [2.75, 3.05) is 0 Å². The van der Waals surface area contributed by atoms with Crippen molar-refractivity contribution in [2.45, 2.75) is 66.8 Å². The van der Waals surface area contributed by atoms with Crippen LogP contribution in [0.3, 0.4) is 0 Å². The predicted molar refractivity (Wildman–Crippen MR) is 178 cm³/mol. The lowest BCUT2D eigenvalue weighted by Crippen LogP contribution is -1.98. The molecule has 0 saturated heterocycles. The zero-order valence-electron chi connectivity index (χ0n) is 26.0. The van der Waals surface area contributed by atoms with Gasteiger partial charge in [0.1, 0.15) is 0 Å². The summed E-state index contributed by atoms with van der Waals surface area (Å²) in [5.74, 6) is -1.76. The summed E-state index contributed by atoms with van der Waals surface area (Å²) in [7, 11) is 0. The maximum atomic E-state index is 11.6. The number of hydrogen-bond acceptors (Lipinski definition) is 4. The zero-order chi connectivity index (χ0) is 31.9. The first-order chi connectivity index (χ1) is 21.0. The molecule has 0 saturated carbocycles. The van der Waals surface area contributed by atoms with Gasteiger partial charge in [-0.1, -0.05) is 25.3 Å². The SMILES string of the molecule is C=CC1=C(C)c2cc3c(C=C)c(C)c(cc4nc(cc5[nH]c(cc1n2)c(C)c5CCC(=O)O)C(CCC(=O)O)=C4C)n3CC. The Morgan fingerprint density at radius 3 is 2.05 bits per heavy atom. The number of allylic oxidation sites excluding steroid dienone is 5. The summed E-state index contributed by atoms with van der Waals surface area (Å²) < 4.78 is 2.24. The van der Waals surface area contributed by atoms with E-state index >= 15 is 0 Å². The van der Waals surface area contributed by atoms with E-state index in [-0.39, 0.29) is 12.8 Å². The number of aromatic amines is 1. The van der Waals surface area contributed by atoms with Gasteiger partial charge in [0.05, 0.1) is 28.3 Å². The Morgan fingerprint density at radius 2 is 1.41 bits per heavy atom. The maximum absolute atomic E-state index is 11.6. The molecule has 0 spiro atoms. The van der Waals surface area contributed by atoms with Gasteiger partial charge >= 0.3 is 11.9 Å². The average molecular weight is 591 g/mol. The van der Waals surface area contributed by atoms with Crippen LogP contribution in [0.2, 0.25) is 0 Å². The molecule has 0 atom stereocenters. The minimum atomic E-state index is -0.878. The number of carbonyl (C=O) groups is 2. The molecule has 5 heterocycles. The van der Waals surface area contributed by atoms with Crippen molar-refractivity contribution in [3.05, 3.63) is 88.5 Å². The van der Waals surface area contributed by atoms with E-state index in [1.54, 1.807) is 0 Å². The van der Waals surface area contributed by atoms with Gasteiger partial charge in [-0.2, -0.15) is 0 Å². The number of aryl methyl sites for hydroxylation is 4. The molecule has 44 heavy (non-hydrogen) atoms. The van der Waals surface area contributed by atoms with Crippen LogP contribution in [0.25, 0.3) is 50.4 Å². The van der Waals surface area contributed by atoms with Gasteiger partial charge in [0, 0.05) is 47.1 Å². The highest BCUT2D eigenvalue weighted by Crippen LogP contribution is 2.37. The molecule has 5 rings (SSSR count). The number of carboxylic acid groups (broad SMARTS) is 2. The molecule has 0 unspecified atom stereocenters. The van der Waals surface area contributed by atoms with E-state index in [4.69, 9.17) is 9.97 Å². The molecule has 8 heteroatoms. The number of aromatic nitrogens is 4. The van der Waals surface area contributed by atoms with Gasteiger partial charge in [-0.05, 0) is 105 Å². The Labute approximate surface area is 256 Å². The molecule has 0 fully saturated rings. The van der Waals surface area contributed by atoms with Crippen molar-refractivity contribution in [3.63, 3.8) is 0 Å². The number of rotatable bonds is 9. The van der Waals surface area contributed by atoms with Crippen LogP contribution < -0.4 is 0 Å². The molecule has 226 valence electrons. The smallest absolute Gasteiger partial charge is 0.303 e. The predicted octanol–water partition coefficient (Wildman–Crippen LogP) is 8.00. The highest BCUT2D eigenvalue weighted by molar-refractivity contribution is 5.98. The first-order valence-electron chi connectivity index (χ1n) is 14.8. The molecule has 3 aromatic rings. The molecule has 0 aromatic carbocycles. The van der Waals surface area contributed by atoms with E-state index in [9.17, 15) is 19.8 Å². The Bertz CT molecular complexity index is 1980. The van der Waals surface area contributed by atoms with E-state index in [0.717, 1.165) is 83.7 Å². The number of H-pyrrole nitrogens is 1. The lowest BCUT2D eigenvalue weighted by atomic mass is 10.0. The summed E-state index contributed by atoms with van der Waals surface area (Å²) in [5, 5.41) is 19.0. The minimum absolute atomic E-state index is 0.0247. The van der Waals surface area contributed by atoms with Crippen LogP contribution in [0.15, 0.2) is 43.5 Å². The monoisotopic (exact) mass is 590 g/mol. The third-order valence-electron chi connectivity index (χ3n) is 8.80. The largest absolute Gasteiger partial charge is 0.481 e. The van der Waals surface area contributed by atoms with Crippen LogP contribution in [-0.4, -0.2) is 41.7 Å². The maximum Gasteiger partial charge on any atom is 0.303 e. The fourth-order valence-electron chi connectivity index (χ4n) is 6.33. The number of nitrogens with one attached hydrogen (secondary N) is 1. The first kappa shape index (κ1) is 30.5. The molecule has 0 aliphatic carbocycles. The van der Waals surface area contributed by atoms with Crippen molar-refractivity contribution in [3.8, 4) is 0 Å². The van der Waals surface area contributed by atoms with Crippen LogP contribution >= 0.6 is 0 Å². The van der Waals surface area contributed by atoms with E-state index in [0.29, 0.717) is 25.1 Å². The second-order valence-corrected chi connectivity index (χ2v) is 11.3. The highest BCUT2D eigenvalue weighted by Gasteiger charge is 2.21. The molecule has 2 aliphatic heterocycles. The van der Waals surface area contributed by atoms with Gasteiger partial charge in [-0.15, -0.1) is 0 Å². The van der Waals surface area contributed by atoms with E-state index < -0.39 is 11.9 Å². The van der Waals surface area contributed by atoms with Gasteiger partial charge in [-0.3, -0.25) is 9.59 Å². The number of fused-ring (bicyclic) bond motifs is 8. The average Bonchev–Trinajstić information content (AvgIpc) is 3.62. The fraction of sp³-hybridized carbons (Fsp3) is 0.278. The van der Waals surface area contributed by atoms with E-state index in [1.807, 2.05) is 45.1 Å². The molecular weight excluding hydrogens is 552 g/mol. The third kappa shape index (κ3) is 5.32. The van der Waals surface area contributed by atoms with Gasteiger partial charge in [0.2, 0.25) is 0 Å². The minimum Gasteiger partial charge on any atom is -0.481 e. The van der Waals surface area contributed by atoms with Crippen LogP contribution in [0.1, 0.15) is 85.1 Å². The second kappa shape index (κ2) is 12.0. The fourth-order valence-corrected chi connectivity index (χ4v) is 6.33. The Hall–Kier alpha value is -4.98. The number of aliphatic carboxylic acids is 2. The van der Waals surface area contributed by atoms with Gasteiger partial charge in [0.15, 0.2) is 0 Å². The Balaban J connectivity index is 1.99. The summed E-state index contributed by atoms with van der Waals surface area (Å²) in [6.07, 6.45) is 4.30. The first-order valence-corrected chi connectivity index (χ1v) is 14.8. The standard InChI is InChI=1S/C36H38N4O4/c1-8-23-19(4)29-18-34-24(9-2)22(7)33(40(34)10-3)17-28-21(6)26(12-14-36(43)44)32(39-28)16-31-25(11-13-35(41)42)20(5)27(37-31)15-30(23)38-29/h8-9,15-18,37H,1-2,10-14H2,3-7H3,(H,41,42)(H,43,44). The molecule has 8 nitrogen and oxygen atoms in total. The van der Waals surface area contributed by atoms with Gasteiger partial charge in [-0.25, -0.2) is 9.97 Å². The highest BCUT2D eigenvalue weighted by atomic mass is 16.4. The number of nitrogens with zero attached hydrogens (tertiary/aromatic N) is 3. The van der Waals surface area contributed by atoms with Gasteiger partial charge < -0.3 is 19.8 Å². The zero-order valence-corrected chi connectivity index (χ0v) is 26.0. The molecule has 3 N–H and O–H groups in total. The van der Waals surface area contributed by atoms with Gasteiger partial charge in [0.25, 0.3) is 0 Å².